The number of nitro groups is 1. The Morgan fingerprint density at radius 1 is 1.71 bits per heavy atom. The number of H-pyrrole nitrogens is 1. The van der Waals surface area contributed by atoms with Crippen LogP contribution >= 0.6 is 0 Å². The molecule has 0 aliphatic carbocycles. The fraction of sp³-hybridized carbons (Fsp3) is 0.429. The third-order valence-corrected chi connectivity index (χ3v) is 1.75. The minimum Gasteiger partial charge on any atom is -0.369 e. The van der Waals surface area contributed by atoms with E-state index in [1.807, 2.05) is 0 Å². The molecule has 7 heteroatoms. The second kappa shape index (κ2) is 3.86. The minimum atomic E-state index is -0.626. The van der Waals surface area contributed by atoms with E-state index in [4.69, 9.17) is 5.73 Å². The first-order valence-electron chi connectivity index (χ1n) is 4.05. The normalized spacial score (nSPS) is 10.1. The molecule has 0 saturated carbocycles. The molecule has 0 bridgehead atoms. The number of carbonyl (C=O) groups is 1. The van der Waals surface area contributed by atoms with E-state index in [1.165, 1.54) is 0 Å². The van der Waals surface area contributed by atoms with E-state index < -0.39 is 10.8 Å². The van der Waals surface area contributed by atoms with Gasteiger partial charge in [-0.15, -0.1) is 0 Å². The highest BCUT2D eigenvalue weighted by Gasteiger charge is 2.23. The van der Waals surface area contributed by atoms with Gasteiger partial charge >= 0.3 is 5.69 Å². The van der Waals surface area contributed by atoms with Gasteiger partial charge in [0.05, 0.1) is 11.3 Å². The van der Waals surface area contributed by atoms with Crippen LogP contribution in [-0.2, 0) is 17.6 Å². The maximum absolute atomic E-state index is 10.6. The zero-order valence-corrected chi connectivity index (χ0v) is 7.61. The van der Waals surface area contributed by atoms with E-state index in [1.54, 1.807) is 6.92 Å². The second-order valence-electron chi connectivity index (χ2n) is 2.75. The van der Waals surface area contributed by atoms with Crippen LogP contribution in [0.5, 0.6) is 0 Å². The molecule has 76 valence electrons. The van der Waals surface area contributed by atoms with Gasteiger partial charge < -0.3 is 5.73 Å². The van der Waals surface area contributed by atoms with Crippen LogP contribution in [0.25, 0.3) is 0 Å². The zero-order chi connectivity index (χ0) is 10.7. The van der Waals surface area contributed by atoms with E-state index in [0.29, 0.717) is 12.1 Å². The lowest BCUT2D eigenvalue weighted by Gasteiger charge is -1.93. The largest absolute Gasteiger partial charge is 0.369 e. The van der Waals surface area contributed by atoms with Crippen molar-refractivity contribution in [3.05, 3.63) is 21.5 Å². The minimum absolute atomic E-state index is 0.133. The molecule has 0 spiro atoms. The number of nitrogens with one attached hydrogen (secondary N) is 1. The average molecular weight is 198 g/mol. The Kier molecular flexibility index (Phi) is 2.80. The van der Waals surface area contributed by atoms with Crippen molar-refractivity contribution in [1.29, 1.82) is 0 Å². The lowest BCUT2D eigenvalue weighted by atomic mass is 10.2. The standard InChI is InChI=1S/C7H10N4O3/c1-2-4-7(11(13)14)5(10-9-4)3-6(8)12/h2-3H2,1H3,(H2,8,12)(H,9,10). The monoisotopic (exact) mass is 198 g/mol. The molecule has 0 radical (unpaired) electrons. The van der Waals surface area contributed by atoms with Crippen LogP contribution in [0.15, 0.2) is 0 Å². The molecule has 1 amide bonds. The number of hydrogen-bond acceptors (Lipinski definition) is 4. The highest BCUT2D eigenvalue weighted by Crippen LogP contribution is 2.21. The lowest BCUT2D eigenvalue weighted by Crippen LogP contribution is -2.14. The highest BCUT2D eigenvalue weighted by atomic mass is 16.6. The number of rotatable bonds is 4. The third kappa shape index (κ3) is 1.87. The quantitative estimate of drug-likeness (QED) is 0.519. The Balaban J connectivity index is 3.10. The van der Waals surface area contributed by atoms with Crippen LogP contribution in [0.2, 0.25) is 0 Å². The second-order valence-corrected chi connectivity index (χ2v) is 2.75. The molecule has 0 fully saturated rings. The molecular weight excluding hydrogens is 188 g/mol. The summed E-state index contributed by atoms with van der Waals surface area (Å²) >= 11 is 0. The number of nitrogens with zero attached hydrogens (tertiary/aromatic N) is 2. The van der Waals surface area contributed by atoms with Gasteiger partial charge in [-0.25, -0.2) is 0 Å². The van der Waals surface area contributed by atoms with Crippen molar-refractivity contribution < 1.29 is 9.72 Å². The first kappa shape index (κ1) is 10.2. The van der Waals surface area contributed by atoms with Crippen LogP contribution in [0.4, 0.5) is 5.69 Å². The molecule has 7 nitrogen and oxygen atoms in total. The number of hydrogen-bond donors (Lipinski definition) is 2. The Morgan fingerprint density at radius 2 is 2.36 bits per heavy atom. The summed E-state index contributed by atoms with van der Waals surface area (Å²) in [7, 11) is 0. The summed E-state index contributed by atoms with van der Waals surface area (Å²) in [6, 6.07) is 0. The topological polar surface area (TPSA) is 115 Å². The van der Waals surface area contributed by atoms with Gasteiger partial charge in [0, 0.05) is 0 Å². The summed E-state index contributed by atoms with van der Waals surface area (Å²) < 4.78 is 0. The fourth-order valence-electron chi connectivity index (χ4n) is 1.17. The van der Waals surface area contributed by atoms with E-state index in [-0.39, 0.29) is 17.8 Å². The van der Waals surface area contributed by atoms with Gasteiger partial charge in [0.1, 0.15) is 11.4 Å². The molecule has 1 aromatic rings. The van der Waals surface area contributed by atoms with Gasteiger partial charge in [0.15, 0.2) is 0 Å². The van der Waals surface area contributed by atoms with E-state index in [9.17, 15) is 14.9 Å². The van der Waals surface area contributed by atoms with Gasteiger partial charge in [-0.1, -0.05) is 6.92 Å². The SMILES string of the molecule is CCc1n[nH]c(CC(N)=O)c1[N+](=O)[O-]. The molecular formula is C7H10N4O3. The summed E-state index contributed by atoms with van der Waals surface area (Å²) in [5, 5.41) is 16.8. The van der Waals surface area contributed by atoms with Crippen LogP contribution in [0, 0.1) is 10.1 Å². The summed E-state index contributed by atoms with van der Waals surface area (Å²) in [6.45, 7) is 1.75. The predicted molar refractivity (Wildman–Crippen MR) is 47.5 cm³/mol. The van der Waals surface area contributed by atoms with Gasteiger partial charge in [0.25, 0.3) is 0 Å². The van der Waals surface area contributed by atoms with Gasteiger partial charge in [-0.3, -0.25) is 20.0 Å². The van der Waals surface area contributed by atoms with Crippen molar-refractivity contribution in [3.63, 3.8) is 0 Å². The zero-order valence-electron chi connectivity index (χ0n) is 7.61. The maximum atomic E-state index is 10.6. The van der Waals surface area contributed by atoms with Crippen LogP contribution < -0.4 is 5.73 Å². The molecule has 1 heterocycles. The predicted octanol–water partition coefficient (Wildman–Crippen LogP) is -0.0919. The summed E-state index contributed by atoms with van der Waals surface area (Å²) in [5.41, 5.74) is 5.31. The molecule has 0 atom stereocenters. The van der Waals surface area contributed by atoms with E-state index in [0.717, 1.165) is 0 Å². The number of nitrogens with two attached hydrogens (primary N) is 1. The number of amides is 1. The number of aromatic amines is 1. The van der Waals surface area contributed by atoms with E-state index in [2.05, 4.69) is 10.2 Å². The summed E-state index contributed by atoms with van der Waals surface area (Å²) in [4.78, 5) is 20.7. The van der Waals surface area contributed by atoms with Crippen LogP contribution in [-0.4, -0.2) is 21.0 Å². The van der Waals surface area contributed by atoms with E-state index >= 15 is 0 Å². The number of aryl methyl sites for hydroxylation is 1. The van der Waals surface area contributed by atoms with Gasteiger partial charge in [-0.2, -0.15) is 5.10 Å². The molecule has 0 aliphatic heterocycles. The molecule has 1 aromatic heterocycles. The smallest absolute Gasteiger partial charge is 0.313 e. The fourth-order valence-corrected chi connectivity index (χ4v) is 1.17. The Morgan fingerprint density at radius 3 is 2.79 bits per heavy atom. The van der Waals surface area contributed by atoms with Crippen molar-refractivity contribution in [3.8, 4) is 0 Å². The van der Waals surface area contributed by atoms with Gasteiger partial charge in [-0.05, 0) is 6.42 Å². The molecule has 0 unspecified atom stereocenters. The molecule has 3 N–H and O–H groups in total. The lowest BCUT2D eigenvalue weighted by molar-refractivity contribution is -0.386. The Hall–Kier alpha value is -1.92. The molecule has 0 aliphatic rings. The molecule has 14 heavy (non-hydrogen) atoms. The maximum Gasteiger partial charge on any atom is 0.313 e. The Bertz CT molecular complexity index is 371. The Labute approximate surface area is 79.4 Å². The first-order valence-corrected chi connectivity index (χ1v) is 4.05. The molecule has 1 rings (SSSR count). The van der Waals surface area contributed by atoms with Crippen molar-refractivity contribution in [2.45, 2.75) is 19.8 Å². The molecule has 0 aromatic carbocycles. The summed E-state index contributed by atoms with van der Waals surface area (Å²) in [5.74, 6) is -0.626. The highest BCUT2D eigenvalue weighted by molar-refractivity contribution is 5.77. The van der Waals surface area contributed by atoms with Crippen molar-refractivity contribution in [2.24, 2.45) is 5.73 Å². The van der Waals surface area contributed by atoms with Crippen molar-refractivity contribution in [1.82, 2.24) is 10.2 Å². The number of primary amides is 1. The average Bonchev–Trinajstić information content (AvgIpc) is 2.46. The summed E-state index contributed by atoms with van der Waals surface area (Å²) in [6.07, 6.45) is 0.245. The van der Waals surface area contributed by atoms with Crippen LogP contribution in [0.1, 0.15) is 18.3 Å². The van der Waals surface area contributed by atoms with Gasteiger partial charge in [0.2, 0.25) is 5.91 Å². The van der Waals surface area contributed by atoms with Crippen molar-refractivity contribution in [2.75, 3.05) is 0 Å². The number of aromatic nitrogens is 2. The third-order valence-electron chi connectivity index (χ3n) is 1.75. The molecule has 0 saturated heterocycles. The van der Waals surface area contributed by atoms with Crippen molar-refractivity contribution >= 4 is 11.6 Å². The number of carbonyl (C=O) groups excluding carboxylic acids is 1. The first-order chi connectivity index (χ1) is 6.56. The van der Waals surface area contributed by atoms with Crippen LogP contribution in [0.3, 0.4) is 0 Å².